The molecule has 0 aliphatic heterocycles. The van der Waals surface area contributed by atoms with Crippen molar-refractivity contribution in [1.29, 1.82) is 0 Å². The lowest BCUT2D eigenvalue weighted by atomic mass is 10.3. The first-order valence-electron chi connectivity index (χ1n) is 5.58. The van der Waals surface area contributed by atoms with E-state index in [0.717, 1.165) is 18.8 Å². The van der Waals surface area contributed by atoms with E-state index in [1.165, 1.54) is 12.1 Å². The van der Waals surface area contributed by atoms with Gasteiger partial charge in [0, 0.05) is 18.8 Å². The normalized spacial score (nSPS) is 11.0. The first-order valence-corrected chi connectivity index (χ1v) is 7.06. The Hall–Kier alpha value is -1.76. The average Bonchev–Trinajstić information content (AvgIpc) is 2.29. The van der Waals surface area contributed by atoms with Gasteiger partial charge in [0.1, 0.15) is 0 Å². The van der Waals surface area contributed by atoms with E-state index in [4.69, 9.17) is 5.73 Å². The van der Waals surface area contributed by atoms with Crippen LogP contribution < -0.4 is 15.4 Å². The maximum absolute atomic E-state index is 11.6. The SMILES string of the molecule is CCN(CC)c1ccc(S(=O)(=O)NC(N)=O)cc1. The van der Waals surface area contributed by atoms with Crippen LogP contribution in [0.3, 0.4) is 0 Å². The van der Waals surface area contributed by atoms with E-state index in [-0.39, 0.29) is 4.90 Å². The lowest BCUT2D eigenvalue weighted by molar-refractivity contribution is 0.253. The fourth-order valence-electron chi connectivity index (χ4n) is 1.62. The van der Waals surface area contributed by atoms with E-state index in [1.807, 2.05) is 13.8 Å². The van der Waals surface area contributed by atoms with Crippen LogP contribution in [-0.4, -0.2) is 27.5 Å². The van der Waals surface area contributed by atoms with Gasteiger partial charge in [-0.15, -0.1) is 0 Å². The zero-order chi connectivity index (χ0) is 13.8. The van der Waals surface area contributed by atoms with Crippen molar-refractivity contribution in [3.8, 4) is 0 Å². The number of amides is 2. The maximum Gasteiger partial charge on any atom is 0.326 e. The molecule has 0 radical (unpaired) electrons. The number of carbonyl (C=O) groups excluding carboxylic acids is 1. The summed E-state index contributed by atoms with van der Waals surface area (Å²) in [6.07, 6.45) is 0. The fourth-order valence-corrected chi connectivity index (χ4v) is 2.49. The van der Waals surface area contributed by atoms with Crippen LogP contribution in [0.4, 0.5) is 10.5 Å². The van der Waals surface area contributed by atoms with Crippen LogP contribution >= 0.6 is 0 Å². The van der Waals surface area contributed by atoms with Crippen LogP contribution in [0.15, 0.2) is 29.2 Å². The molecule has 0 saturated heterocycles. The highest BCUT2D eigenvalue weighted by molar-refractivity contribution is 7.90. The Morgan fingerprint density at radius 1 is 1.22 bits per heavy atom. The Morgan fingerprint density at radius 3 is 2.11 bits per heavy atom. The molecule has 0 aliphatic carbocycles. The van der Waals surface area contributed by atoms with Gasteiger partial charge >= 0.3 is 6.03 Å². The Morgan fingerprint density at radius 2 is 1.72 bits per heavy atom. The molecule has 2 amide bonds. The van der Waals surface area contributed by atoms with Crippen LogP contribution in [-0.2, 0) is 10.0 Å². The summed E-state index contributed by atoms with van der Waals surface area (Å²) in [7, 11) is -3.86. The first kappa shape index (κ1) is 14.3. The van der Waals surface area contributed by atoms with Gasteiger partial charge in [0.15, 0.2) is 0 Å². The smallest absolute Gasteiger partial charge is 0.326 e. The Kier molecular flexibility index (Phi) is 4.55. The summed E-state index contributed by atoms with van der Waals surface area (Å²) in [5, 5.41) is 0. The second-order valence-corrected chi connectivity index (χ2v) is 5.32. The van der Waals surface area contributed by atoms with E-state index in [9.17, 15) is 13.2 Å². The number of carbonyl (C=O) groups is 1. The lowest BCUT2D eigenvalue weighted by Gasteiger charge is -2.21. The van der Waals surface area contributed by atoms with Crippen molar-refractivity contribution >= 4 is 21.7 Å². The largest absolute Gasteiger partial charge is 0.372 e. The second kappa shape index (κ2) is 5.72. The van der Waals surface area contributed by atoms with Gasteiger partial charge in [-0.1, -0.05) is 0 Å². The zero-order valence-corrected chi connectivity index (χ0v) is 11.2. The third-order valence-electron chi connectivity index (χ3n) is 2.51. The lowest BCUT2D eigenvalue weighted by Crippen LogP contribution is -2.34. The molecule has 0 heterocycles. The molecule has 1 aromatic rings. The van der Waals surface area contributed by atoms with Gasteiger partial charge in [-0.05, 0) is 38.1 Å². The molecule has 6 nitrogen and oxygen atoms in total. The van der Waals surface area contributed by atoms with Crippen molar-refractivity contribution in [3.63, 3.8) is 0 Å². The molecule has 0 bridgehead atoms. The number of nitrogens with two attached hydrogens (primary N) is 1. The van der Waals surface area contributed by atoms with Crippen molar-refractivity contribution in [2.75, 3.05) is 18.0 Å². The molecule has 0 spiro atoms. The monoisotopic (exact) mass is 271 g/mol. The van der Waals surface area contributed by atoms with Crippen molar-refractivity contribution in [1.82, 2.24) is 4.72 Å². The van der Waals surface area contributed by atoms with Crippen molar-refractivity contribution in [2.24, 2.45) is 5.73 Å². The van der Waals surface area contributed by atoms with Gasteiger partial charge in [0.25, 0.3) is 10.0 Å². The number of urea groups is 1. The zero-order valence-electron chi connectivity index (χ0n) is 10.4. The van der Waals surface area contributed by atoms with E-state index in [0.29, 0.717) is 0 Å². The number of hydrogen-bond acceptors (Lipinski definition) is 4. The molecule has 0 unspecified atom stereocenters. The van der Waals surface area contributed by atoms with E-state index < -0.39 is 16.1 Å². The standard InChI is InChI=1S/C11H17N3O3S/c1-3-14(4-2)9-5-7-10(8-6-9)18(16,17)13-11(12)15/h5-8H,3-4H2,1-2H3,(H3,12,13,15). The second-order valence-electron chi connectivity index (χ2n) is 3.64. The van der Waals surface area contributed by atoms with Gasteiger partial charge < -0.3 is 10.6 Å². The van der Waals surface area contributed by atoms with E-state index in [1.54, 1.807) is 16.9 Å². The maximum atomic E-state index is 11.6. The molecule has 3 N–H and O–H groups in total. The minimum Gasteiger partial charge on any atom is -0.372 e. The number of rotatable bonds is 5. The molecule has 0 aliphatic rings. The molecule has 100 valence electrons. The van der Waals surface area contributed by atoms with Crippen molar-refractivity contribution in [2.45, 2.75) is 18.7 Å². The number of anilines is 1. The number of nitrogens with one attached hydrogen (secondary N) is 1. The van der Waals surface area contributed by atoms with Crippen LogP contribution in [0.2, 0.25) is 0 Å². The van der Waals surface area contributed by atoms with Gasteiger partial charge in [0.2, 0.25) is 0 Å². The highest BCUT2D eigenvalue weighted by Gasteiger charge is 2.15. The number of sulfonamides is 1. The van der Waals surface area contributed by atoms with E-state index in [2.05, 4.69) is 4.90 Å². The average molecular weight is 271 g/mol. The Labute approximate surface area is 107 Å². The molecular weight excluding hydrogens is 254 g/mol. The Bertz CT molecular complexity index is 507. The van der Waals surface area contributed by atoms with Crippen LogP contribution in [0.25, 0.3) is 0 Å². The summed E-state index contributed by atoms with van der Waals surface area (Å²) in [6.45, 7) is 5.70. The van der Waals surface area contributed by atoms with Crippen LogP contribution in [0.1, 0.15) is 13.8 Å². The number of benzene rings is 1. The first-order chi connectivity index (χ1) is 8.40. The van der Waals surface area contributed by atoms with Gasteiger partial charge in [-0.3, -0.25) is 0 Å². The molecule has 7 heteroatoms. The van der Waals surface area contributed by atoms with Crippen LogP contribution in [0.5, 0.6) is 0 Å². The molecule has 0 aromatic heterocycles. The molecule has 0 atom stereocenters. The Balaban J connectivity index is 2.99. The summed E-state index contributed by atoms with van der Waals surface area (Å²) >= 11 is 0. The highest BCUT2D eigenvalue weighted by atomic mass is 32.2. The molecular formula is C11H17N3O3S. The number of primary amides is 1. The molecule has 18 heavy (non-hydrogen) atoms. The number of nitrogens with zero attached hydrogens (tertiary/aromatic N) is 1. The highest BCUT2D eigenvalue weighted by Crippen LogP contribution is 2.17. The quantitative estimate of drug-likeness (QED) is 0.831. The van der Waals surface area contributed by atoms with Crippen molar-refractivity contribution in [3.05, 3.63) is 24.3 Å². The van der Waals surface area contributed by atoms with Gasteiger partial charge in [-0.2, -0.15) is 0 Å². The minimum absolute atomic E-state index is 0.0113. The molecule has 0 fully saturated rings. The third kappa shape index (κ3) is 3.36. The fraction of sp³-hybridized carbons (Fsp3) is 0.364. The third-order valence-corrected chi connectivity index (χ3v) is 3.87. The predicted molar refractivity (Wildman–Crippen MR) is 69.9 cm³/mol. The number of hydrogen-bond donors (Lipinski definition) is 2. The molecule has 0 saturated carbocycles. The summed E-state index contributed by atoms with van der Waals surface area (Å²) in [5.41, 5.74) is 5.73. The summed E-state index contributed by atoms with van der Waals surface area (Å²) < 4.78 is 25.0. The van der Waals surface area contributed by atoms with Gasteiger partial charge in [0.05, 0.1) is 4.90 Å². The van der Waals surface area contributed by atoms with E-state index >= 15 is 0 Å². The molecule has 1 aromatic carbocycles. The molecule has 1 rings (SSSR count). The van der Waals surface area contributed by atoms with Crippen molar-refractivity contribution < 1.29 is 13.2 Å². The topological polar surface area (TPSA) is 92.5 Å². The van der Waals surface area contributed by atoms with Gasteiger partial charge in [-0.25, -0.2) is 17.9 Å². The van der Waals surface area contributed by atoms with Crippen LogP contribution in [0, 0.1) is 0 Å². The summed E-state index contributed by atoms with van der Waals surface area (Å²) in [5.74, 6) is 0. The summed E-state index contributed by atoms with van der Waals surface area (Å²) in [4.78, 5) is 12.7. The summed E-state index contributed by atoms with van der Waals surface area (Å²) in [6, 6.07) is 5.19. The predicted octanol–water partition coefficient (Wildman–Crippen LogP) is 0.890. The minimum atomic E-state index is -3.86.